The summed E-state index contributed by atoms with van der Waals surface area (Å²) < 4.78 is 45.2. The number of hydrogen-bond donors (Lipinski definition) is 1. The van der Waals surface area contributed by atoms with Crippen molar-refractivity contribution in [2.45, 2.75) is 6.18 Å². The second-order valence-corrected chi connectivity index (χ2v) is 9.01. The Morgan fingerprint density at radius 3 is 2.39 bits per heavy atom. The molecule has 0 aromatic heterocycles. The van der Waals surface area contributed by atoms with E-state index in [2.05, 4.69) is 15.9 Å². The van der Waals surface area contributed by atoms with Gasteiger partial charge in [0.25, 0.3) is 11.8 Å². The van der Waals surface area contributed by atoms with Gasteiger partial charge in [-0.25, -0.2) is 9.69 Å². The highest BCUT2D eigenvalue weighted by Crippen LogP contribution is 2.39. The lowest BCUT2D eigenvalue weighted by atomic mass is 10.1. The first-order chi connectivity index (χ1) is 17.8. The standard InChI is InChI=1S/C24H12BrClF3N3O6/c25-14-5-7-19(38-20-6-4-13(24(27,28)29)10-18(20)32(36)37)12(8-14)9-17-21(33)30-23(35)31(22(17)34)16-3-1-2-15(26)11-16/h1-11H,(H,30,33,35)/b17-9+. The molecule has 9 nitrogen and oxygen atoms in total. The minimum absolute atomic E-state index is 0.0486. The largest absolute Gasteiger partial charge is 0.449 e. The summed E-state index contributed by atoms with van der Waals surface area (Å²) in [6, 6.07) is 10.7. The van der Waals surface area contributed by atoms with E-state index in [1.807, 2.05) is 5.32 Å². The zero-order valence-corrected chi connectivity index (χ0v) is 20.9. The minimum atomic E-state index is -4.82. The van der Waals surface area contributed by atoms with Crippen molar-refractivity contribution in [1.29, 1.82) is 0 Å². The summed E-state index contributed by atoms with van der Waals surface area (Å²) in [6.45, 7) is 0. The molecule has 1 heterocycles. The van der Waals surface area contributed by atoms with Crippen molar-refractivity contribution >= 4 is 62.8 Å². The minimum Gasteiger partial charge on any atom is -0.449 e. The number of benzene rings is 3. The molecule has 1 aliphatic rings. The van der Waals surface area contributed by atoms with Crippen LogP contribution >= 0.6 is 27.5 Å². The molecule has 0 bridgehead atoms. The normalized spacial score (nSPS) is 15.0. The number of carbonyl (C=O) groups is 3. The van der Waals surface area contributed by atoms with E-state index in [0.717, 1.165) is 12.1 Å². The van der Waals surface area contributed by atoms with Crippen molar-refractivity contribution in [3.63, 3.8) is 0 Å². The van der Waals surface area contributed by atoms with Crippen LogP contribution in [0.2, 0.25) is 5.02 Å². The van der Waals surface area contributed by atoms with Gasteiger partial charge in [-0.05, 0) is 54.6 Å². The molecular formula is C24H12BrClF3N3O6. The maximum absolute atomic E-state index is 13.2. The molecule has 1 N–H and O–H groups in total. The van der Waals surface area contributed by atoms with E-state index in [-0.39, 0.29) is 22.0 Å². The summed E-state index contributed by atoms with van der Waals surface area (Å²) in [5, 5.41) is 13.7. The van der Waals surface area contributed by atoms with Crippen LogP contribution in [0.1, 0.15) is 11.1 Å². The van der Waals surface area contributed by atoms with Crippen LogP contribution in [0.3, 0.4) is 0 Å². The van der Waals surface area contributed by atoms with Gasteiger partial charge in [-0.1, -0.05) is 33.6 Å². The van der Waals surface area contributed by atoms with Crippen molar-refractivity contribution in [3.05, 3.63) is 97.0 Å². The van der Waals surface area contributed by atoms with Crippen molar-refractivity contribution in [2.24, 2.45) is 0 Å². The average Bonchev–Trinajstić information content (AvgIpc) is 2.82. The Morgan fingerprint density at radius 2 is 1.74 bits per heavy atom. The molecule has 0 saturated carbocycles. The Morgan fingerprint density at radius 1 is 1.03 bits per heavy atom. The number of alkyl halides is 3. The summed E-state index contributed by atoms with van der Waals surface area (Å²) in [5.74, 6) is -2.66. The third-order valence-electron chi connectivity index (χ3n) is 5.14. The van der Waals surface area contributed by atoms with Crippen LogP contribution in [0.15, 0.2) is 70.7 Å². The van der Waals surface area contributed by atoms with Crippen LogP contribution < -0.4 is 15.0 Å². The molecule has 3 aromatic rings. The van der Waals surface area contributed by atoms with Gasteiger partial charge in [0.1, 0.15) is 11.3 Å². The molecule has 0 unspecified atom stereocenters. The molecule has 1 saturated heterocycles. The summed E-state index contributed by atoms with van der Waals surface area (Å²) in [7, 11) is 0. The number of ether oxygens (including phenoxy) is 1. The number of urea groups is 1. The number of nitro groups is 1. The van der Waals surface area contributed by atoms with Gasteiger partial charge in [0, 0.05) is 21.1 Å². The SMILES string of the molecule is O=C1NC(=O)N(c2cccc(Cl)c2)C(=O)/C1=C/c1cc(Br)ccc1Oc1ccc(C(F)(F)F)cc1[N+](=O)[O-]. The third-order valence-corrected chi connectivity index (χ3v) is 5.87. The first-order valence-corrected chi connectivity index (χ1v) is 11.5. The number of nitro benzene ring substituents is 1. The van der Waals surface area contributed by atoms with E-state index in [9.17, 15) is 37.7 Å². The molecule has 194 valence electrons. The molecule has 4 amide bonds. The molecule has 1 fully saturated rings. The number of nitrogens with zero attached hydrogens (tertiary/aromatic N) is 2. The quantitative estimate of drug-likeness (QED) is 0.153. The van der Waals surface area contributed by atoms with Crippen LogP contribution in [-0.4, -0.2) is 22.8 Å². The first-order valence-electron chi connectivity index (χ1n) is 10.3. The maximum Gasteiger partial charge on any atom is 0.416 e. The lowest BCUT2D eigenvalue weighted by molar-refractivity contribution is -0.385. The molecule has 0 radical (unpaired) electrons. The van der Waals surface area contributed by atoms with Crippen LogP contribution in [0.25, 0.3) is 6.08 Å². The molecule has 0 spiro atoms. The van der Waals surface area contributed by atoms with Crippen LogP contribution in [0.5, 0.6) is 11.5 Å². The zero-order chi connectivity index (χ0) is 27.8. The fourth-order valence-corrected chi connectivity index (χ4v) is 3.99. The van der Waals surface area contributed by atoms with Gasteiger partial charge >= 0.3 is 17.9 Å². The van der Waals surface area contributed by atoms with Crippen LogP contribution in [-0.2, 0) is 15.8 Å². The highest BCUT2D eigenvalue weighted by Gasteiger charge is 2.37. The number of nitrogens with one attached hydrogen (secondary N) is 1. The molecule has 1 aliphatic heterocycles. The third kappa shape index (κ3) is 5.53. The van der Waals surface area contributed by atoms with Gasteiger partial charge in [0.15, 0.2) is 0 Å². The predicted molar refractivity (Wildman–Crippen MR) is 133 cm³/mol. The zero-order valence-electron chi connectivity index (χ0n) is 18.6. The summed E-state index contributed by atoms with van der Waals surface area (Å²) in [5.41, 5.74) is -2.55. The van der Waals surface area contributed by atoms with E-state index in [1.54, 1.807) is 0 Å². The van der Waals surface area contributed by atoms with Crippen molar-refractivity contribution in [1.82, 2.24) is 5.32 Å². The van der Waals surface area contributed by atoms with Crippen LogP contribution in [0.4, 0.5) is 29.3 Å². The van der Waals surface area contributed by atoms with E-state index >= 15 is 0 Å². The van der Waals surface area contributed by atoms with Gasteiger partial charge in [-0.2, -0.15) is 13.2 Å². The Balaban J connectivity index is 1.77. The summed E-state index contributed by atoms with van der Waals surface area (Å²) in [6.07, 6.45) is -3.74. The smallest absolute Gasteiger partial charge is 0.416 e. The second-order valence-electron chi connectivity index (χ2n) is 7.66. The number of hydrogen-bond acceptors (Lipinski definition) is 6. The average molecular weight is 611 g/mol. The van der Waals surface area contributed by atoms with E-state index in [0.29, 0.717) is 21.5 Å². The molecule has 3 aromatic carbocycles. The van der Waals surface area contributed by atoms with Crippen molar-refractivity contribution < 1.29 is 37.2 Å². The molecule has 4 rings (SSSR count). The number of rotatable bonds is 5. The van der Waals surface area contributed by atoms with Gasteiger partial charge in [0.05, 0.1) is 16.2 Å². The Kier molecular flexibility index (Phi) is 7.24. The van der Waals surface area contributed by atoms with Gasteiger partial charge in [-0.3, -0.25) is 25.0 Å². The van der Waals surface area contributed by atoms with Gasteiger partial charge in [0.2, 0.25) is 5.75 Å². The molecular weight excluding hydrogens is 599 g/mol. The number of carbonyl (C=O) groups excluding carboxylic acids is 3. The van der Waals surface area contributed by atoms with E-state index in [4.69, 9.17) is 16.3 Å². The Bertz CT molecular complexity index is 1540. The number of imide groups is 2. The molecule has 38 heavy (non-hydrogen) atoms. The number of halogens is 5. The fraction of sp³-hybridized carbons (Fsp3) is 0.0417. The summed E-state index contributed by atoms with van der Waals surface area (Å²) >= 11 is 9.19. The number of amides is 4. The predicted octanol–water partition coefficient (Wildman–Crippen LogP) is 6.49. The molecule has 0 aliphatic carbocycles. The lowest BCUT2D eigenvalue weighted by Crippen LogP contribution is -2.54. The molecule has 14 heteroatoms. The number of anilines is 1. The maximum atomic E-state index is 13.2. The number of barbiturate groups is 1. The monoisotopic (exact) mass is 609 g/mol. The lowest BCUT2D eigenvalue weighted by Gasteiger charge is -2.26. The van der Waals surface area contributed by atoms with Gasteiger partial charge < -0.3 is 4.74 Å². The van der Waals surface area contributed by atoms with E-state index < -0.39 is 51.5 Å². The Hall–Kier alpha value is -4.23. The summed E-state index contributed by atoms with van der Waals surface area (Å²) in [4.78, 5) is 49.3. The molecule has 0 atom stereocenters. The highest BCUT2D eigenvalue weighted by atomic mass is 79.9. The van der Waals surface area contributed by atoms with E-state index in [1.165, 1.54) is 42.5 Å². The van der Waals surface area contributed by atoms with Gasteiger partial charge in [-0.15, -0.1) is 0 Å². The van der Waals surface area contributed by atoms with Crippen molar-refractivity contribution in [3.8, 4) is 11.5 Å². The van der Waals surface area contributed by atoms with Crippen LogP contribution in [0, 0.1) is 10.1 Å². The van der Waals surface area contributed by atoms with Crippen molar-refractivity contribution in [2.75, 3.05) is 4.90 Å². The fourth-order valence-electron chi connectivity index (χ4n) is 3.43. The topological polar surface area (TPSA) is 119 Å². The second kappa shape index (κ2) is 10.3. The first kappa shape index (κ1) is 26.8. The highest BCUT2D eigenvalue weighted by molar-refractivity contribution is 9.10. The Labute approximate surface area is 224 Å².